The van der Waals surface area contributed by atoms with Crippen molar-refractivity contribution >= 4 is 27.5 Å². The van der Waals surface area contributed by atoms with Crippen molar-refractivity contribution in [3.63, 3.8) is 0 Å². The molecule has 0 aromatic carbocycles. The fourth-order valence-corrected chi connectivity index (χ4v) is 2.84. The van der Waals surface area contributed by atoms with Crippen molar-refractivity contribution in [3.05, 3.63) is 0 Å². The highest BCUT2D eigenvalue weighted by molar-refractivity contribution is 7.89. The van der Waals surface area contributed by atoms with Crippen LogP contribution in [0.4, 0.5) is 0 Å². The maximum atomic E-state index is 11.5. The molecule has 18 heavy (non-hydrogen) atoms. The summed E-state index contributed by atoms with van der Waals surface area (Å²) < 4.78 is 25.5. The molecule has 1 fully saturated rings. The van der Waals surface area contributed by atoms with Crippen LogP contribution in [0.25, 0.3) is 0 Å². The number of hydrogen-bond acceptors (Lipinski definition) is 3. The number of amides is 1. The number of alkyl halides is 1. The molecule has 0 aromatic heterocycles. The number of carbonyl (C=O) groups excluding carboxylic acids is 1. The smallest absolute Gasteiger partial charge is 0.220 e. The van der Waals surface area contributed by atoms with Gasteiger partial charge in [-0.15, -0.1) is 11.6 Å². The topological polar surface area (TPSA) is 75.3 Å². The van der Waals surface area contributed by atoms with Gasteiger partial charge in [0.1, 0.15) is 0 Å². The molecule has 106 valence electrons. The highest BCUT2D eigenvalue weighted by Gasteiger charge is 2.22. The number of sulfonamides is 1. The van der Waals surface area contributed by atoms with Gasteiger partial charge in [0.2, 0.25) is 15.9 Å². The normalized spacial score (nSPS) is 15.6. The average Bonchev–Trinajstić information content (AvgIpc) is 3.08. The maximum absolute atomic E-state index is 11.5. The van der Waals surface area contributed by atoms with E-state index in [0.717, 1.165) is 12.8 Å². The van der Waals surface area contributed by atoms with Gasteiger partial charge < -0.3 is 5.32 Å². The third kappa shape index (κ3) is 7.89. The fourth-order valence-electron chi connectivity index (χ4n) is 1.46. The molecule has 5 nitrogen and oxygen atoms in total. The maximum Gasteiger partial charge on any atom is 0.220 e. The first-order valence-electron chi connectivity index (χ1n) is 6.36. The van der Waals surface area contributed by atoms with E-state index >= 15 is 0 Å². The summed E-state index contributed by atoms with van der Waals surface area (Å²) in [7, 11) is -3.20. The number of rotatable bonds is 10. The molecule has 1 amide bonds. The Hall–Kier alpha value is -0.330. The summed E-state index contributed by atoms with van der Waals surface area (Å²) in [5.41, 5.74) is 0. The average molecular weight is 297 g/mol. The van der Waals surface area contributed by atoms with Gasteiger partial charge in [0, 0.05) is 24.9 Å². The van der Waals surface area contributed by atoms with Crippen molar-refractivity contribution in [2.75, 3.05) is 18.2 Å². The van der Waals surface area contributed by atoms with Gasteiger partial charge in [-0.1, -0.05) is 0 Å². The molecule has 0 spiro atoms. The summed E-state index contributed by atoms with van der Waals surface area (Å²) in [5.74, 6) is 0.601. The quantitative estimate of drug-likeness (QED) is 0.466. The largest absolute Gasteiger partial charge is 0.353 e. The van der Waals surface area contributed by atoms with Crippen LogP contribution in [0.1, 0.15) is 38.5 Å². The van der Waals surface area contributed by atoms with Crippen molar-refractivity contribution in [1.82, 2.24) is 10.0 Å². The van der Waals surface area contributed by atoms with E-state index in [-0.39, 0.29) is 11.7 Å². The van der Waals surface area contributed by atoms with Gasteiger partial charge in [-0.05, 0) is 32.1 Å². The lowest BCUT2D eigenvalue weighted by Crippen LogP contribution is -2.29. The standard InChI is InChI=1S/C11H21ClN2O3S/c12-7-1-2-9-18(16,17)13-8-3-4-11(15)14-10-5-6-10/h10,13H,1-9H2,(H,14,15). The molecule has 0 saturated heterocycles. The molecule has 1 saturated carbocycles. The van der Waals surface area contributed by atoms with Gasteiger partial charge in [-0.25, -0.2) is 13.1 Å². The summed E-state index contributed by atoms with van der Waals surface area (Å²) >= 11 is 5.48. The molecule has 0 unspecified atom stereocenters. The van der Waals surface area contributed by atoms with Crippen molar-refractivity contribution in [1.29, 1.82) is 0 Å². The zero-order valence-corrected chi connectivity index (χ0v) is 12.0. The Morgan fingerprint density at radius 1 is 1.22 bits per heavy atom. The summed E-state index contributed by atoms with van der Waals surface area (Å²) in [4.78, 5) is 11.3. The van der Waals surface area contributed by atoms with Crippen molar-refractivity contribution in [2.45, 2.75) is 44.6 Å². The Kier molecular flexibility index (Phi) is 6.96. The summed E-state index contributed by atoms with van der Waals surface area (Å²) in [6.45, 7) is 0.321. The van der Waals surface area contributed by atoms with Crippen LogP contribution < -0.4 is 10.0 Å². The van der Waals surface area contributed by atoms with Crippen LogP contribution in [-0.4, -0.2) is 38.5 Å². The van der Waals surface area contributed by atoms with Crippen LogP contribution in [0.2, 0.25) is 0 Å². The first-order valence-corrected chi connectivity index (χ1v) is 8.55. The van der Waals surface area contributed by atoms with E-state index in [4.69, 9.17) is 11.6 Å². The zero-order valence-electron chi connectivity index (χ0n) is 10.5. The third-order valence-electron chi connectivity index (χ3n) is 2.64. The summed E-state index contributed by atoms with van der Waals surface area (Å²) in [6, 6.07) is 0.366. The molecule has 0 bridgehead atoms. The van der Waals surface area contributed by atoms with Crippen molar-refractivity contribution in [3.8, 4) is 0 Å². The second kappa shape index (κ2) is 7.96. The van der Waals surface area contributed by atoms with Crippen LogP contribution in [0.15, 0.2) is 0 Å². The van der Waals surface area contributed by atoms with Crippen LogP contribution >= 0.6 is 11.6 Å². The Labute approximate surface area is 114 Å². The third-order valence-corrected chi connectivity index (χ3v) is 4.38. The first kappa shape index (κ1) is 15.7. The minimum atomic E-state index is -3.20. The molecule has 1 aliphatic carbocycles. The van der Waals surface area contributed by atoms with Gasteiger partial charge >= 0.3 is 0 Å². The Morgan fingerprint density at radius 3 is 2.56 bits per heavy atom. The second-order valence-electron chi connectivity index (χ2n) is 4.55. The molecule has 2 N–H and O–H groups in total. The van der Waals surface area contributed by atoms with Gasteiger partial charge in [0.25, 0.3) is 0 Å². The second-order valence-corrected chi connectivity index (χ2v) is 6.86. The Balaban J connectivity index is 2.02. The summed E-state index contributed by atoms with van der Waals surface area (Å²) in [5, 5.41) is 2.86. The van der Waals surface area contributed by atoms with Crippen LogP contribution in [0, 0.1) is 0 Å². The molecule has 0 radical (unpaired) electrons. The van der Waals surface area contributed by atoms with E-state index in [2.05, 4.69) is 10.0 Å². The predicted octanol–water partition coefficient (Wildman–Crippen LogP) is 0.984. The molecule has 1 rings (SSSR count). The number of halogens is 1. The van der Waals surface area contributed by atoms with Crippen LogP contribution in [0.5, 0.6) is 0 Å². The molecular weight excluding hydrogens is 276 g/mol. The SMILES string of the molecule is O=C(CCCNS(=O)(=O)CCCCCl)NC1CC1. The Bertz CT molecular complexity index is 355. The Morgan fingerprint density at radius 2 is 1.94 bits per heavy atom. The molecule has 1 aliphatic rings. The van der Waals surface area contributed by atoms with Crippen LogP contribution in [0.3, 0.4) is 0 Å². The van der Waals surface area contributed by atoms with E-state index in [0.29, 0.717) is 44.1 Å². The zero-order chi connectivity index (χ0) is 13.4. The van der Waals surface area contributed by atoms with Crippen LogP contribution in [-0.2, 0) is 14.8 Å². The summed E-state index contributed by atoms with van der Waals surface area (Å²) in [6.07, 6.45) is 4.32. The molecule has 0 heterocycles. The predicted molar refractivity (Wildman–Crippen MR) is 72.1 cm³/mol. The highest BCUT2D eigenvalue weighted by atomic mass is 35.5. The van der Waals surface area contributed by atoms with E-state index in [1.165, 1.54) is 0 Å². The monoisotopic (exact) mass is 296 g/mol. The van der Waals surface area contributed by atoms with E-state index in [9.17, 15) is 13.2 Å². The van der Waals surface area contributed by atoms with E-state index < -0.39 is 10.0 Å². The van der Waals surface area contributed by atoms with E-state index in [1.54, 1.807) is 0 Å². The minimum Gasteiger partial charge on any atom is -0.353 e. The fraction of sp³-hybridized carbons (Fsp3) is 0.909. The lowest BCUT2D eigenvalue weighted by molar-refractivity contribution is -0.121. The van der Waals surface area contributed by atoms with Crippen molar-refractivity contribution < 1.29 is 13.2 Å². The lowest BCUT2D eigenvalue weighted by atomic mass is 10.3. The van der Waals surface area contributed by atoms with Gasteiger partial charge in [-0.3, -0.25) is 4.79 Å². The minimum absolute atomic E-state index is 0.0128. The molecular formula is C11H21ClN2O3S. The van der Waals surface area contributed by atoms with Crippen molar-refractivity contribution in [2.24, 2.45) is 0 Å². The molecule has 0 atom stereocenters. The van der Waals surface area contributed by atoms with E-state index in [1.807, 2.05) is 0 Å². The van der Waals surface area contributed by atoms with Gasteiger partial charge in [0.05, 0.1) is 5.75 Å². The molecule has 0 aromatic rings. The number of nitrogens with one attached hydrogen (secondary N) is 2. The molecule has 0 aliphatic heterocycles. The number of carbonyl (C=O) groups is 1. The lowest BCUT2D eigenvalue weighted by Gasteiger charge is -2.06. The van der Waals surface area contributed by atoms with Gasteiger partial charge in [-0.2, -0.15) is 0 Å². The van der Waals surface area contributed by atoms with Gasteiger partial charge in [0.15, 0.2) is 0 Å². The highest BCUT2D eigenvalue weighted by Crippen LogP contribution is 2.18. The number of hydrogen-bond donors (Lipinski definition) is 2. The number of unbranched alkanes of at least 4 members (excludes halogenated alkanes) is 1. The first-order chi connectivity index (χ1) is 8.53. The molecule has 7 heteroatoms.